The molecule has 0 radical (unpaired) electrons. The number of furan rings is 1. The summed E-state index contributed by atoms with van der Waals surface area (Å²) in [6.07, 6.45) is 1.85. The summed E-state index contributed by atoms with van der Waals surface area (Å²) in [5.74, 6) is 0.930. The summed E-state index contributed by atoms with van der Waals surface area (Å²) in [4.78, 5) is 2.41. The van der Waals surface area contributed by atoms with Gasteiger partial charge in [-0.25, -0.2) is 0 Å². The largest absolute Gasteiger partial charge is 0.466 e. The van der Waals surface area contributed by atoms with E-state index in [2.05, 4.69) is 40.0 Å². The van der Waals surface area contributed by atoms with Crippen LogP contribution in [0.25, 0.3) is 0 Å². The number of halogens is 1. The third kappa shape index (κ3) is 3.15. The lowest BCUT2D eigenvalue weighted by Crippen LogP contribution is -2.48. The van der Waals surface area contributed by atoms with Gasteiger partial charge in [-0.05, 0) is 35.1 Å². The van der Waals surface area contributed by atoms with Crippen molar-refractivity contribution in [2.75, 3.05) is 32.8 Å². The monoisotopic (exact) mass is 316 g/mol. The Morgan fingerprint density at radius 1 is 1.56 bits per heavy atom. The zero-order chi connectivity index (χ0) is 13.0. The lowest BCUT2D eigenvalue weighted by molar-refractivity contribution is -0.0487. The molecule has 4 nitrogen and oxygen atoms in total. The molecule has 2 unspecified atom stereocenters. The van der Waals surface area contributed by atoms with Crippen molar-refractivity contribution in [2.45, 2.75) is 26.0 Å². The molecule has 5 heteroatoms. The first kappa shape index (κ1) is 14.1. The average Bonchev–Trinajstić information content (AvgIpc) is 2.82. The summed E-state index contributed by atoms with van der Waals surface area (Å²) < 4.78 is 12.5. The van der Waals surface area contributed by atoms with Crippen molar-refractivity contribution in [3.05, 3.63) is 22.6 Å². The second kappa shape index (κ2) is 6.70. The van der Waals surface area contributed by atoms with Gasteiger partial charge in [-0.1, -0.05) is 13.8 Å². The minimum atomic E-state index is 0.105. The van der Waals surface area contributed by atoms with Crippen LogP contribution in [0, 0.1) is 0 Å². The van der Waals surface area contributed by atoms with Crippen molar-refractivity contribution in [1.82, 2.24) is 10.2 Å². The zero-order valence-corrected chi connectivity index (χ0v) is 12.6. The molecule has 0 aromatic carbocycles. The van der Waals surface area contributed by atoms with E-state index >= 15 is 0 Å². The van der Waals surface area contributed by atoms with E-state index in [9.17, 15) is 0 Å². The summed E-state index contributed by atoms with van der Waals surface area (Å²) in [5, 5.41) is 3.46. The Morgan fingerprint density at radius 2 is 2.39 bits per heavy atom. The van der Waals surface area contributed by atoms with E-state index in [1.54, 1.807) is 6.26 Å². The molecule has 1 N–H and O–H groups in total. The predicted molar refractivity (Wildman–Crippen MR) is 74.7 cm³/mol. The van der Waals surface area contributed by atoms with E-state index in [1.165, 1.54) is 0 Å². The fourth-order valence-corrected chi connectivity index (χ4v) is 2.81. The number of ether oxygens (including phenoxy) is 1. The van der Waals surface area contributed by atoms with Gasteiger partial charge in [0.1, 0.15) is 5.76 Å². The van der Waals surface area contributed by atoms with Gasteiger partial charge in [0.15, 0.2) is 0 Å². The molecule has 1 aliphatic rings. The Balaban J connectivity index is 2.12. The number of morpholine rings is 1. The van der Waals surface area contributed by atoms with Gasteiger partial charge in [-0.3, -0.25) is 4.90 Å². The molecule has 0 bridgehead atoms. The molecule has 1 saturated heterocycles. The number of nitrogens with one attached hydrogen (secondary N) is 1. The van der Waals surface area contributed by atoms with Crippen molar-refractivity contribution >= 4 is 15.9 Å². The number of hydrogen-bond acceptors (Lipinski definition) is 4. The van der Waals surface area contributed by atoms with E-state index in [1.807, 2.05) is 6.07 Å². The molecular weight excluding hydrogens is 296 g/mol. The number of nitrogens with zero attached hydrogens (tertiary/aromatic N) is 1. The Bertz CT molecular complexity index is 370. The van der Waals surface area contributed by atoms with Crippen molar-refractivity contribution in [2.24, 2.45) is 0 Å². The topological polar surface area (TPSA) is 37.6 Å². The molecule has 1 aliphatic heterocycles. The number of hydrogen-bond donors (Lipinski definition) is 1. The van der Waals surface area contributed by atoms with Crippen LogP contribution in [-0.4, -0.2) is 43.8 Å². The lowest BCUT2D eigenvalue weighted by Gasteiger charge is -2.36. The second-order valence-corrected chi connectivity index (χ2v) is 5.32. The van der Waals surface area contributed by atoms with Crippen LogP contribution in [0.1, 0.15) is 25.6 Å². The van der Waals surface area contributed by atoms with Crippen LogP contribution in [0.5, 0.6) is 0 Å². The molecule has 2 heterocycles. The quantitative estimate of drug-likeness (QED) is 0.905. The Kier molecular flexibility index (Phi) is 5.24. The fraction of sp³-hybridized carbons (Fsp3) is 0.692. The second-order valence-electron chi connectivity index (χ2n) is 4.47. The van der Waals surface area contributed by atoms with E-state index in [-0.39, 0.29) is 12.1 Å². The predicted octanol–water partition coefficient (Wildman–Crippen LogP) is 2.41. The van der Waals surface area contributed by atoms with Crippen LogP contribution in [0.2, 0.25) is 0 Å². The van der Waals surface area contributed by atoms with Crippen LogP contribution >= 0.6 is 15.9 Å². The number of likely N-dealkylation sites (N-methyl/N-ethyl adjacent to an activating group) is 2. The highest BCUT2D eigenvalue weighted by molar-refractivity contribution is 9.10. The third-order valence-corrected chi connectivity index (χ3v) is 4.00. The molecule has 0 amide bonds. The maximum Gasteiger partial charge on any atom is 0.137 e. The summed E-state index contributed by atoms with van der Waals surface area (Å²) in [6.45, 7) is 9.00. The van der Waals surface area contributed by atoms with E-state index < -0.39 is 0 Å². The standard InChI is InChI=1S/C13H21BrN2O2/c1-3-15-12(13-10(14)5-7-18-13)11-9-16(4-2)6-8-17-11/h5,7,11-12,15H,3-4,6,8-9H2,1-2H3. The van der Waals surface area contributed by atoms with E-state index in [0.717, 1.165) is 43.0 Å². The maximum atomic E-state index is 5.92. The van der Waals surface area contributed by atoms with Gasteiger partial charge < -0.3 is 14.5 Å². The number of rotatable bonds is 5. The molecule has 1 aromatic rings. The smallest absolute Gasteiger partial charge is 0.137 e. The van der Waals surface area contributed by atoms with Gasteiger partial charge in [0, 0.05) is 13.1 Å². The molecule has 0 aliphatic carbocycles. The highest BCUT2D eigenvalue weighted by atomic mass is 79.9. The van der Waals surface area contributed by atoms with Gasteiger partial charge in [-0.2, -0.15) is 0 Å². The van der Waals surface area contributed by atoms with E-state index in [0.29, 0.717) is 0 Å². The fourth-order valence-electron chi connectivity index (χ4n) is 2.36. The van der Waals surface area contributed by atoms with Crippen LogP contribution in [-0.2, 0) is 4.74 Å². The van der Waals surface area contributed by atoms with Crippen LogP contribution in [0.3, 0.4) is 0 Å². The van der Waals surface area contributed by atoms with E-state index in [4.69, 9.17) is 9.15 Å². The first-order valence-corrected chi connectivity index (χ1v) is 7.35. The minimum Gasteiger partial charge on any atom is -0.466 e. The molecule has 18 heavy (non-hydrogen) atoms. The van der Waals surface area contributed by atoms with Crippen LogP contribution in [0.4, 0.5) is 0 Å². The van der Waals surface area contributed by atoms with Gasteiger partial charge in [0.2, 0.25) is 0 Å². The van der Waals surface area contributed by atoms with Crippen molar-refractivity contribution < 1.29 is 9.15 Å². The Morgan fingerprint density at radius 3 is 3.00 bits per heavy atom. The highest BCUT2D eigenvalue weighted by Gasteiger charge is 2.31. The molecule has 102 valence electrons. The van der Waals surface area contributed by atoms with Gasteiger partial charge in [-0.15, -0.1) is 0 Å². The first-order chi connectivity index (χ1) is 8.76. The first-order valence-electron chi connectivity index (χ1n) is 6.56. The van der Waals surface area contributed by atoms with Gasteiger partial charge in [0.05, 0.1) is 29.5 Å². The van der Waals surface area contributed by atoms with Crippen molar-refractivity contribution in [1.29, 1.82) is 0 Å². The third-order valence-electron chi connectivity index (χ3n) is 3.35. The molecule has 2 atom stereocenters. The average molecular weight is 317 g/mol. The summed E-state index contributed by atoms with van der Waals surface area (Å²) in [7, 11) is 0. The lowest BCUT2D eigenvalue weighted by atomic mass is 10.1. The SMILES string of the molecule is CCNC(c1occc1Br)C1CN(CC)CCO1. The van der Waals surface area contributed by atoms with Crippen molar-refractivity contribution in [3.63, 3.8) is 0 Å². The summed E-state index contributed by atoms with van der Waals surface area (Å²) >= 11 is 3.53. The molecule has 0 spiro atoms. The molecule has 2 rings (SSSR count). The highest BCUT2D eigenvalue weighted by Crippen LogP contribution is 2.29. The van der Waals surface area contributed by atoms with Crippen LogP contribution in [0.15, 0.2) is 21.2 Å². The summed E-state index contributed by atoms with van der Waals surface area (Å²) in [5.41, 5.74) is 0. The maximum absolute atomic E-state index is 5.92. The molecule has 1 aromatic heterocycles. The normalized spacial score (nSPS) is 23.2. The Labute approximate surface area is 117 Å². The van der Waals surface area contributed by atoms with Crippen molar-refractivity contribution in [3.8, 4) is 0 Å². The minimum absolute atomic E-state index is 0.105. The van der Waals surface area contributed by atoms with Crippen LogP contribution < -0.4 is 5.32 Å². The molecule has 1 fully saturated rings. The summed E-state index contributed by atoms with van der Waals surface area (Å²) in [6, 6.07) is 2.04. The van der Waals surface area contributed by atoms with Gasteiger partial charge >= 0.3 is 0 Å². The Hall–Kier alpha value is -0.360. The molecule has 0 saturated carbocycles. The zero-order valence-electron chi connectivity index (χ0n) is 11.0. The van der Waals surface area contributed by atoms with Gasteiger partial charge in [0.25, 0.3) is 0 Å². The molecular formula is C13H21BrN2O2.